The highest BCUT2D eigenvalue weighted by Gasteiger charge is 2.28. The largest absolute Gasteiger partial charge is 0.507 e. The molecule has 11 N–H and O–H groups in total. The first-order chi connectivity index (χ1) is 15.8. The van der Waals surface area contributed by atoms with Crippen molar-refractivity contribution in [3.63, 3.8) is 0 Å². The summed E-state index contributed by atoms with van der Waals surface area (Å²) in [7, 11) is 0. The molecule has 3 heterocycles. The minimum Gasteiger partial charge on any atom is -0.507 e. The third-order valence-corrected chi connectivity index (χ3v) is 5.64. The molecule has 1 amide bonds. The maximum atomic E-state index is 12.5. The molecule has 14 heteroatoms. The monoisotopic (exact) mass is 493 g/mol. The number of nitrogens with zero attached hydrogens (tertiary/aromatic N) is 5. The van der Waals surface area contributed by atoms with E-state index in [1.807, 2.05) is 9.80 Å². The molecule has 4 rings (SSSR count). The quantitative estimate of drug-likeness (QED) is 0.237. The fraction of sp³-hybridized carbons (Fsp3) is 0.500. The summed E-state index contributed by atoms with van der Waals surface area (Å²) in [6, 6.07) is 5.78. The molecule has 2 aromatic rings. The second-order valence-corrected chi connectivity index (χ2v) is 8.68. The van der Waals surface area contributed by atoms with Gasteiger partial charge in [0.15, 0.2) is 0 Å². The van der Waals surface area contributed by atoms with Gasteiger partial charge in [-0.25, -0.2) is 0 Å². The van der Waals surface area contributed by atoms with E-state index in [9.17, 15) is 9.90 Å². The summed E-state index contributed by atoms with van der Waals surface area (Å²) in [5.74, 6) is 0.219. The zero-order valence-electron chi connectivity index (χ0n) is 18.7. The summed E-state index contributed by atoms with van der Waals surface area (Å²) in [5.41, 5.74) is 30.0. The Labute approximate surface area is 203 Å². The molecule has 34 heavy (non-hydrogen) atoms. The van der Waals surface area contributed by atoms with Gasteiger partial charge in [-0.15, -0.1) is 12.4 Å². The van der Waals surface area contributed by atoms with Gasteiger partial charge in [0.25, 0.3) is 5.91 Å². The first-order valence-corrected chi connectivity index (χ1v) is 10.9. The molecule has 0 aliphatic carbocycles. The highest BCUT2D eigenvalue weighted by atomic mass is 35.5. The summed E-state index contributed by atoms with van der Waals surface area (Å²) in [4.78, 5) is 29.9. The number of phenolic OH excluding ortho intramolecular Hbond substituents is 1. The molecule has 2 fully saturated rings. The lowest BCUT2D eigenvalue weighted by Crippen LogP contribution is -2.54. The number of para-hydroxylation sites is 1. The lowest BCUT2D eigenvalue weighted by Gasteiger charge is -2.36. The number of anilines is 3. The van der Waals surface area contributed by atoms with Gasteiger partial charge in [0, 0.05) is 50.3 Å². The molecule has 0 unspecified atom stereocenters. The SMILES string of the molecule is Cl.N[C@@H]1C[C@H](N)CN(c2nc(NNC(=O)c3ccccc3O)nc(N3C[C@H](N)C[C@H](N)C3)n2)C1. The number of rotatable bonds is 5. The van der Waals surface area contributed by atoms with Crippen molar-refractivity contribution in [1.29, 1.82) is 0 Å². The Kier molecular flexibility index (Phi) is 8.28. The Morgan fingerprint density at radius 2 is 1.32 bits per heavy atom. The van der Waals surface area contributed by atoms with Gasteiger partial charge in [0.2, 0.25) is 17.8 Å². The van der Waals surface area contributed by atoms with E-state index in [0.717, 1.165) is 0 Å². The Balaban J connectivity index is 0.00000324. The average Bonchev–Trinajstić information content (AvgIpc) is 2.76. The highest BCUT2D eigenvalue weighted by Crippen LogP contribution is 2.22. The molecule has 2 aliphatic rings. The van der Waals surface area contributed by atoms with Crippen molar-refractivity contribution < 1.29 is 9.90 Å². The third kappa shape index (κ3) is 6.12. The van der Waals surface area contributed by atoms with Crippen molar-refractivity contribution in [2.45, 2.75) is 37.0 Å². The van der Waals surface area contributed by atoms with Crippen molar-refractivity contribution in [1.82, 2.24) is 20.4 Å². The first-order valence-electron chi connectivity index (χ1n) is 10.9. The van der Waals surface area contributed by atoms with E-state index in [1.54, 1.807) is 12.1 Å². The van der Waals surface area contributed by atoms with Crippen molar-refractivity contribution in [3.8, 4) is 5.75 Å². The van der Waals surface area contributed by atoms with Crippen molar-refractivity contribution in [3.05, 3.63) is 29.8 Å². The van der Waals surface area contributed by atoms with Crippen molar-refractivity contribution >= 4 is 36.2 Å². The third-order valence-electron chi connectivity index (χ3n) is 5.64. The lowest BCUT2D eigenvalue weighted by atomic mass is 10.0. The molecule has 0 spiro atoms. The van der Waals surface area contributed by atoms with Gasteiger partial charge in [-0.3, -0.25) is 15.6 Å². The van der Waals surface area contributed by atoms with E-state index in [0.29, 0.717) is 50.9 Å². The maximum absolute atomic E-state index is 12.5. The van der Waals surface area contributed by atoms with Gasteiger partial charge >= 0.3 is 0 Å². The number of phenols is 1. The normalized spacial score (nSPS) is 24.8. The van der Waals surface area contributed by atoms with Crippen LogP contribution >= 0.6 is 12.4 Å². The second-order valence-electron chi connectivity index (χ2n) is 8.68. The van der Waals surface area contributed by atoms with Gasteiger partial charge in [0.1, 0.15) is 5.75 Å². The number of aromatic nitrogens is 3. The minimum atomic E-state index is -0.541. The molecule has 186 valence electrons. The van der Waals surface area contributed by atoms with Crippen LogP contribution in [0.4, 0.5) is 17.8 Å². The number of aromatic hydroxyl groups is 1. The van der Waals surface area contributed by atoms with Gasteiger partial charge < -0.3 is 37.8 Å². The highest BCUT2D eigenvalue weighted by molar-refractivity contribution is 5.97. The first kappa shape index (κ1) is 25.6. The number of hydrogen-bond donors (Lipinski definition) is 7. The van der Waals surface area contributed by atoms with Crippen LogP contribution < -0.4 is 43.6 Å². The summed E-state index contributed by atoms with van der Waals surface area (Å²) >= 11 is 0. The van der Waals surface area contributed by atoms with E-state index in [-0.39, 0.29) is 53.8 Å². The molecule has 2 saturated heterocycles. The van der Waals surface area contributed by atoms with E-state index >= 15 is 0 Å². The van der Waals surface area contributed by atoms with Crippen molar-refractivity contribution in [2.24, 2.45) is 22.9 Å². The van der Waals surface area contributed by atoms with Crippen LogP contribution in [0.15, 0.2) is 24.3 Å². The van der Waals surface area contributed by atoms with E-state index in [4.69, 9.17) is 22.9 Å². The number of nitrogens with two attached hydrogens (primary N) is 4. The zero-order chi connectivity index (χ0) is 23.5. The predicted molar refractivity (Wildman–Crippen MR) is 132 cm³/mol. The van der Waals surface area contributed by atoms with Gasteiger partial charge in [-0.1, -0.05) is 12.1 Å². The summed E-state index contributed by atoms with van der Waals surface area (Å²) in [6.45, 7) is 2.17. The Bertz CT molecular complexity index is 932. The molecule has 2 aliphatic heterocycles. The maximum Gasteiger partial charge on any atom is 0.273 e. The van der Waals surface area contributed by atoms with Gasteiger partial charge in [0.05, 0.1) is 5.56 Å². The van der Waals surface area contributed by atoms with Crippen LogP contribution in [0.2, 0.25) is 0 Å². The molecular weight excluding hydrogens is 462 g/mol. The molecule has 0 bridgehead atoms. The Morgan fingerprint density at radius 1 is 0.853 bits per heavy atom. The van der Waals surface area contributed by atoms with Crippen molar-refractivity contribution in [2.75, 3.05) is 41.4 Å². The van der Waals surface area contributed by atoms with E-state index in [2.05, 4.69) is 25.8 Å². The van der Waals surface area contributed by atoms with E-state index in [1.165, 1.54) is 12.1 Å². The second kappa shape index (κ2) is 11.0. The van der Waals surface area contributed by atoms with Gasteiger partial charge in [-0.2, -0.15) is 15.0 Å². The molecule has 4 atom stereocenters. The number of hydrogen-bond acceptors (Lipinski definition) is 12. The Hall–Kier alpha value is -2.97. The lowest BCUT2D eigenvalue weighted by molar-refractivity contribution is 0.0959. The Morgan fingerprint density at radius 3 is 1.79 bits per heavy atom. The van der Waals surface area contributed by atoms with Crippen LogP contribution in [-0.4, -0.2) is 76.3 Å². The number of piperidine rings is 2. The molecule has 0 radical (unpaired) electrons. The van der Waals surface area contributed by atoms with Crippen LogP contribution in [0.25, 0.3) is 0 Å². The van der Waals surface area contributed by atoms with Crippen LogP contribution in [0.3, 0.4) is 0 Å². The molecule has 1 aromatic carbocycles. The van der Waals surface area contributed by atoms with Gasteiger partial charge in [-0.05, 0) is 25.0 Å². The zero-order valence-corrected chi connectivity index (χ0v) is 19.5. The van der Waals surface area contributed by atoms with E-state index < -0.39 is 5.91 Å². The van der Waals surface area contributed by atoms with Crippen LogP contribution in [0.1, 0.15) is 23.2 Å². The number of nitrogens with one attached hydrogen (secondary N) is 2. The van der Waals surface area contributed by atoms with Crippen LogP contribution in [0, 0.1) is 0 Å². The molecule has 1 aromatic heterocycles. The standard InChI is InChI=1S/C20H31N11O2.ClH/c21-11-5-12(22)8-30(7-11)19-25-18(29-28-17(33)15-3-1-2-4-16(15)32)26-20(27-19)31-9-13(23)6-14(24)10-31;/h1-4,11-14,32H,5-10,21-24H2,(H,28,33)(H,25,26,27,29);1H/t11-,12+,13-,14+;. The topological polar surface area (TPSA) is 211 Å². The number of halogens is 1. The predicted octanol–water partition coefficient (Wildman–Crippen LogP) is -1.51. The smallest absolute Gasteiger partial charge is 0.273 e. The number of amides is 1. The number of carbonyl (C=O) groups excluding carboxylic acids is 1. The van der Waals surface area contributed by atoms with Crippen LogP contribution in [0.5, 0.6) is 5.75 Å². The van der Waals surface area contributed by atoms with Crippen LogP contribution in [-0.2, 0) is 0 Å². The fourth-order valence-corrected chi connectivity index (χ4v) is 4.22. The summed E-state index contributed by atoms with van der Waals surface area (Å²) in [5, 5.41) is 9.92. The average molecular weight is 494 g/mol. The number of carbonyl (C=O) groups is 1. The number of hydrazine groups is 1. The molecule has 13 nitrogen and oxygen atoms in total. The summed E-state index contributed by atoms with van der Waals surface area (Å²) in [6.07, 6.45) is 1.43. The minimum absolute atomic E-state index is 0. The fourth-order valence-electron chi connectivity index (χ4n) is 4.22. The summed E-state index contributed by atoms with van der Waals surface area (Å²) < 4.78 is 0. The molecule has 0 saturated carbocycles. The molecular formula is C20H32ClN11O2. The number of benzene rings is 1.